The number of hydrogen-bond donors (Lipinski definition) is 2. The third kappa shape index (κ3) is 3.03. The van der Waals surface area contributed by atoms with Gasteiger partial charge in [-0.2, -0.15) is 24.5 Å². The Labute approximate surface area is 124 Å². The van der Waals surface area contributed by atoms with Crippen molar-refractivity contribution in [3.8, 4) is 0 Å². The minimum atomic E-state index is -4.58. The number of alkyl halides is 3. The molecule has 2 aromatic rings. The van der Waals surface area contributed by atoms with Crippen molar-refractivity contribution >= 4 is 27.3 Å². The first kappa shape index (κ1) is 15.4. The molecule has 1 heterocycles. The SMILES string of the molecule is NNC(c1cscc1Br)c1cc(F)ccc1C(F)(F)F. The van der Waals surface area contributed by atoms with Crippen LogP contribution in [0.2, 0.25) is 0 Å². The first-order valence-electron chi connectivity index (χ1n) is 5.39. The Morgan fingerprint density at radius 2 is 1.90 bits per heavy atom. The average molecular weight is 369 g/mol. The second-order valence-corrected chi connectivity index (χ2v) is 5.60. The normalized spacial score (nSPS) is 13.5. The van der Waals surface area contributed by atoms with Gasteiger partial charge in [0.05, 0.1) is 11.6 Å². The molecule has 0 saturated heterocycles. The van der Waals surface area contributed by atoms with Crippen molar-refractivity contribution in [3.63, 3.8) is 0 Å². The van der Waals surface area contributed by atoms with Crippen LogP contribution in [-0.2, 0) is 6.18 Å². The predicted molar refractivity (Wildman–Crippen MR) is 72.6 cm³/mol. The molecular weight excluding hydrogens is 360 g/mol. The molecule has 0 saturated carbocycles. The van der Waals surface area contributed by atoms with Crippen molar-refractivity contribution in [2.24, 2.45) is 5.84 Å². The summed E-state index contributed by atoms with van der Waals surface area (Å²) in [6.45, 7) is 0. The van der Waals surface area contributed by atoms with E-state index in [0.29, 0.717) is 10.0 Å². The minimum absolute atomic E-state index is 0.251. The molecule has 2 nitrogen and oxygen atoms in total. The molecule has 2 rings (SSSR count). The quantitative estimate of drug-likeness (QED) is 0.483. The number of hydrogen-bond acceptors (Lipinski definition) is 3. The summed E-state index contributed by atoms with van der Waals surface area (Å²) >= 11 is 4.54. The van der Waals surface area contributed by atoms with Gasteiger partial charge in [0, 0.05) is 9.85 Å². The van der Waals surface area contributed by atoms with E-state index in [0.717, 1.165) is 18.2 Å². The summed E-state index contributed by atoms with van der Waals surface area (Å²) in [7, 11) is 0. The lowest BCUT2D eigenvalue weighted by atomic mass is 9.96. The topological polar surface area (TPSA) is 38.0 Å². The van der Waals surface area contributed by atoms with Crippen LogP contribution in [0, 0.1) is 5.82 Å². The maximum atomic E-state index is 13.3. The highest BCUT2D eigenvalue weighted by Crippen LogP contribution is 2.39. The van der Waals surface area contributed by atoms with Crippen LogP contribution in [0.4, 0.5) is 17.6 Å². The van der Waals surface area contributed by atoms with E-state index in [4.69, 9.17) is 5.84 Å². The first-order valence-corrected chi connectivity index (χ1v) is 7.12. The van der Waals surface area contributed by atoms with Gasteiger partial charge >= 0.3 is 6.18 Å². The standard InChI is InChI=1S/C12H9BrF4N2S/c13-10-5-20-4-8(10)11(19-18)7-3-6(14)1-2-9(7)12(15,16)17/h1-5,11,19H,18H2. The fourth-order valence-electron chi connectivity index (χ4n) is 1.87. The Balaban J connectivity index is 2.60. The Morgan fingerprint density at radius 3 is 2.40 bits per heavy atom. The largest absolute Gasteiger partial charge is 0.416 e. The van der Waals surface area contributed by atoms with Crippen molar-refractivity contribution in [1.29, 1.82) is 0 Å². The van der Waals surface area contributed by atoms with E-state index in [1.54, 1.807) is 10.8 Å². The van der Waals surface area contributed by atoms with Gasteiger partial charge in [0.25, 0.3) is 0 Å². The number of benzene rings is 1. The van der Waals surface area contributed by atoms with Gasteiger partial charge in [-0.3, -0.25) is 5.84 Å². The zero-order valence-electron chi connectivity index (χ0n) is 9.84. The molecule has 1 aromatic carbocycles. The van der Waals surface area contributed by atoms with Crippen LogP contribution in [0.15, 0.2) is 33.4 Å². The number of halogens is 5. The van der Waals surface area contributed by atoms with Gasteiger partial charge in [-0.25, -0.2) is 9.82 Å². The highest BCUT2D eigenvalue weighted by atomic mass is 79.9. The molecule has 0 radical (unpaired) electrons. The van der Waals surface area contributed by atoms with Gasteiger partial charge in [0.2, 0.25) is 0 Å². The number of rotatable bonds is 3. The van der Waals surface area contributed by atoms with Crippen molar-refractivity contribution < 1.29 is 17.6 Å². The van der Waals surface area contributed by atoms with Crippen LogP contribution in [-0.4, -0.2) is 0 Å². The molecule has 0 aliphatic heterocycles. The minimum Gasteiger partial charge on any atom is -0.271 e. The van der Waals surface area contributed by atoms with Gasteiger partial charge in [0.1, 0.15) is 5.82 Å². The molecule has 0 fully saturated rings. The molecule has 0 aliphatic rings. The zero-order valence-corrected chi connectivity index (χ0v) is 12.2. The van der Waals surface area contributed by atoms with Crippen molar-refractivity contribution in [1.82, 2.24) is 5.43 Å². The summed E-state index contributed by atoms with van der Waals surface area (Å²) in [6.07, 6.45) is -4.58. The van der Waals surface area contributed by atoms with E-state index in [2.05, 4.69) is 21.4 Å². The van der Waals surface area contributed by atoms with Crippen molar-refractivity contribution in [3.05, 3.63) is 55.9 Å². The maximum absolute atomic E-state index is 13.3. The third-order valence-electron chi connectivity index (χ3n) is 2.75. The van der Waals surface area contributed by atoms with E-state index in [1.165, 1.54) is 11.3 Å². The average Bonchev–Trinajstić information content (AvgIpc) is 2.75. The zero-order chi connectivity index (χ0) is 14.9. The lowest BCUT2D eigenvalue weighted by molar-refractivity contribution is -0.138. The molecule has 8 heteroatoms. The highest BCUT2D eigenvalue weighted by Gasteiger charge is 2.36. The highest BCUT2D eigenvalue weighted by molar-refractivity contribution is 9.10. The number of hydrazine groups is 1. The fraction of sp³-hybridized carbons (Fsp3) is 0.167. The Kier molecular flexibility index (Phi) is 4.48. The first-order chi connectivity index (χ1) is 9.34. The monoisotopic (exact) mass is 368 g/mol. The van der Waals surface area contributed by atoms with E-state index in [1.807, 2.05) is 0 Å². The summed E-state index contributed by atoms with van der Waals surface area (Å²) < 4.78 is 53.0. The molecule has 1 atom stereocenters. The van der Waals surface area contributed by atoms with E-state index in [-0.39, 0.29) is 5.56 Å². The molecule has 0 aliphatic carbocycles. The van der Waals surface area contributed by atoms with E-state index < -0.39 is 23.6 Å². The lowest BCUT2D eigenvalue weighted by Gasteiger charge is -2.21. The Hall–Kier alpha value is -0.960. The Bertz CT molecular complexity index is 612. The van der Waals surface area contributed by atoms with Crippen molar-refractivity contribution in [2.45, 2.75) is 12.2 Å². The van der Waals surface area contributed by atoms with Gasteiger partial charge in [-0.05, 0) is 50.6 Å². The number of thiophene rings is 1. The molecule has 108 valence electrons. The molecular formula is C12H9BrF4N2S. The second-order valence-electron chi connectivity index (χ2n) is 4.00. The molecule has 1 aromatic heterocycles. The van der Waals surface area contributed by atoms with Gasteiger partial charge in [0.15, 0.2) is 0 Å². The maximum Gasteiger partial charge on any atom is 0.416 e. The second kappa shape index (κ2) is 5.80. The van der Waals surface area contributed by atoms with Crippen LogP contribution in [0.5, 0.6) is 0 Å². The van der Waals surface area contributed by atoms with Crippen LogP contribution in [0.1, 0.15) is 22.7 Å². The van der Waals surface area contributed by atoms with Gasteiger partial charge in [-0.1, -0.05) is 0 Å². The summed E-state index contributed by atoms with van der Waals surface area (Å²) in [5, 5.41) is 3.37. The van der Waals surface area contributed by atoms with Crippen LogP contribution < -0.4 is 11.3 Å². The molecule has 1 unspecified atom stereocenters. The van der Waals surface area contributed by atoms with Gasteiger partial charge in [-0.15, -0.1) is 0 Å². The molecule has 20 heavy (non-hydrogen) atoms. The number of nitrogens with two attached hydrogens (primary N) is 1. The molecule has 0 amide bonds. The molecule has 3 N–H and O–H groups in total. The van der Waals surface area contributed by atoms with Crippen LogP contribution >= 0.6 is 27.3 Å². The molecule has 0 spiro atoms. The van der Waals surface area contributed by atoms with Crippen LogP contribution in [0.3, 0.4) is 0 Å². The van der Waals surface area contributed by atoms with Crippen LogP contribution in [0.25, 0.3) is 0 Å². The summed E-state index contributed by atoms with van der Waals surface area (Å²) in [5.74, 6) is 4.62. The van der Waals surface area contributed by atoms with Crippen molar-refractivity contribution in [2.75, 3.05) is 0 Å². The smallest absolute Gasteiger partial charge is 0.271 e. The molecule has 0 bridgehead atoms. The summed E-state index contributed by atoms with van der Waals surface area (Å²) in [6, 6.07) is 1.39. The summed E-state index contributed by atoms with van der Waals surface area (Å²) in [4.78, 5) is 0. The lowest BCUT2D eigenvalue weighted by Crippen LogP contribution is -2.30. The predicted octanol–water partition coefficient (Wildman–Crippen LogP) is 4.22. The Morgan fingerprint density at radius 1 is 1.20 bits per heavy atom. The summed E-state index contributed by atoms with van der Waals surface area (Å²) in [5.41, 5.74) is 1.67. The number of nitrogens with one attached hydrogen (secondary N) is 1. The fourth-order valence-corrected chi connectivity index (χ4v) is 3.43. The van der Waals surface area contributed by atoms with E-state index >= 15 is 0 Å². The van der Waals surface area contributed by atoms with Gasteiger partial charge < -0.3 is 0 Å². The van der Waals surface area contributed by atoms with E-state index in [9.17, 15) is 17.6 Å². The third-order valence-corrected chi connectivity index (χ3v) is 4.50.